The zero-order valence-electron chi connectivity index (χ0n) is 6.14. The summed E-state index contributed by atoms with van der Waals surface area (Å²) in [4.78, 5) is 10.3. The first kappa shape index (κ1) is 9.16. The smallest absolute Gasteiger partial charge is 0.481 e. The van der Waals surface area contributed by atoms with Gasteiger partial charge < -0.3 is 18.1 Å². The van der Waals surface area contributed by atoms with Crippen LogP contribution < -0.4 is 0 Å². The van der Waals surface area contributed by atoms with Crippen molar-refractivity contribution < 1.29 is 22.8 Å². The topological polar surface area (TPSA) is 37.3 Å². The van der Waals surface area contributed by atoms with Gasteiger partial charge in [0.15, 0.2) is 0 Å². The zero-order chi connectivity index (χ0) is 9.35. The lowest BCUT2D eigenvalue weighted by Crippen LogP contribution is -2.20. The van der Waals surface area contributed by atoms with E-state index in [1.807, 2.05) is 0 Å². The molecule has 1 aliphatic carbocycles. The van der Waals surface area contributed by atoms with Gasteiger partial charge in [-0.3, -0.25) is 4.79 Å². The SMILES string of the molecule is O=C(O)C1CC=C([B-](F)(F)F)C1. The maximum absolute atomic E-state index is 12.0. The lowest BCUT2D eigenvalue weighted by Gasteiger charge is -2.16. The lowest BCUT2D eigenvalue weighted by molar-refractivity contribution is -0.141. The molecule has 0 aliphatic heterocycles. The van der Waals surface area contributed by atoms with E-state index < -0.39 is 24.3 Å². The van der Waals surface area contributed by atoms with Crippen LogP contribution in [0.4, 0.5) is 12.9 Å². The van der Waals surface area contributed by atoms with Gasteiger partial charge in [0.25, 0.3) is 0 Å². The van der Waals surface area contributed by atoms with E-state index in [0.717, 1.165) is 6.08 Å². The van der Waals surface area contributed by atoms with E-state index in [1.54, 1.807) is 0 Å². The molecule has 0 saturated carbocycles. The van der Waals surface area contributed by atoms with Gasteiger partial charge in [0.2, 0.25) is 0 Å². The maximum Gasteiger partial charge on any atom is 0.505 e. The molecule has 0 fully saturated rings. The highest BCUT2D eigenvalue weighted by Crippen LogP contribution is 2.33. The number of aliphatic carboxylic acids is 1. The number of hydrogen-bond donors (Lipinski definition) is 1. The van der Waals surface area contributed by atoms with Crippen LogP contribution in [0.2, 0.25) is 0 Å². The summed E-state index contributed by atoms with van der Waals surface area (Å²) in [6.45, 7) is -4.97. The minimum absolute atomic E-state index is 0.00588. The van der Waals surface area contributed by atoms with Crippen LogP contribution in [0.1, 0.15) is 12.8 Å². The molecule has 2 nitrogen and oxygen atoms in total. The molecule has 0 saturated heterocycles. The molecule has 1 N–H and O–H groups in total. The molecule has 1 rings (SSSR count). The van der Waals surface area contributed by atoms with Crippen molar-refractivity contribution in [2.45, 2.75) is 12.8 Å². The average molecular weight is 179 g/mol. The summed E-state index contributed by atoms with van der Waals surface area (Å²) < 4.78 is 36.0. The lowest BCUT2D eigenvalue weighted by atomic mass is 9.78. The molecular formula is C6H7BF3O2-. The molecule has 1 aliphatic rings. The third kappa shape index (κ3) is 1.81. The van der Waals surface area contributed by atoms with Crippen molar-refractivity contribution in [2.24, 2.45) is 5.92 Å². The standard InChI is InChI=1S/C6H7BF3O2/c8-7(9,10)5-2-1-4(3-5)6(11)12/h2,4H,1,3H2,(H,11,12)/q-1. The molecular weight excluding hydrogens is 172 g/mol. The molecule has 0 radical (unpaired) electrons. The third-order valence-corrected chi connectivity index (χ3v) is 1.92. The van der Waals surface area contributed by atoms with Crippen molar-refractivity contribution >= 4 is 12.9 Å². The summed E-state index contributed by atoms with van der Waals surface area (Å²) in [5.41, 5.74) is -0.651. The highest BCUT2D eigenvalue weighted by Gasteiger charge is 2.34. The minimum Gasteiger partial charge on any atom is -0.481 e. The van der Waals surface area contributed by atoms with Gasteiger partial charge in [-0.15, -0.1) is 11.5 Å². The van der Waals surface area contributed by atoms with E-state index in [9.17, 15) is 17.7 Å². The van der Waals surface area contributed by atoms with E-state index in [2.05, 4.69) is 0 Å². The Morgan fingerprint density at radius 3 is 2.42 bits per heavy atom. The predicted molar refractivity (Wildman–Crippen MR) is 37.5 cm³/mol. The van der Waals surface area contributed by atoms with Crippen LogP contribution in [0.5, 0.6) is 0 Å². The Labute approximate surface area is 67.1 Å². The Kier molecular flexibility index (Phi) is 2.17. The molecule has 0 heterocycles. The van der Waals surface area contributed by atoms with Gasteiger partial charge in [-0.25, -0.2) is 0 Å². The Bertz CT molecular complexity index is 233. The van der Waals surface area contributed by atoms with Crippen LogP contribution in [0.3, 0.4) is 0 Å². The Hall–Kier alpha value is -0.935. The normalized spacial score (nSPS) is 23.9. The van der Waals surface area contributed by atoms with E-state index in [1.165, 1.54) is 0 Å². The second-order valence-electron chi connectivity index (χ2n) is 2.83. The number of carboxylic acids is 1. The Morgan fingerprint density at radius 2 is 2.17 bits per heavy atom. The molecule has 0 amide bonds. The Balaban J connectivity index is 2.61. The van der Waals surface area contributed by atoms with Gasteiger partial charge in [0.05, 0.1) is 5.92 Å². The highest BCUT2D eigenvalue weighted by atomic mass is 19.4. The van der Waals surface area contributed by atoms with Crippen molar-refractivity contribution in [3.63, 3.8) is 0 Å². The van der Waals surface area contributed by atoms with E-state index in [-0.39, 0.29) is 12.8 Å². The summed E-state index contributed by atoms with van der Waals surface area (Å²) in [5, 5.41) is 8.40. The summed E-state index contributed by atoms with van der Waals surface area (Å²) >= 11 is 0. The molecule has 0 aromatic heterocycles. The summed E-state index contributed by atoms with van der Waals surface area (Å²) in [7, 11) is 0. The van der Waals surface area contributed by atoms with Gasteiger partial charge in [-0.1, -0.05) is 0 Å². The molecule has 0 aromatic carbocycles. The molecule has 12 heavy (non-hydrogen) atoms. The van der Waals surface area contributed by atoms with Crippen LogP contribution in [-0.4, -0.2) is 18.1 Å². The first-order valence-electron chi connectivity index (χ1n) is 3.53. The fourth-order valence-electron chi connectivity index (χ4n) is 1.20. The third-order valence-electron chi connectivity index (χ3n) is 1.92. The molecule has 0 aromatic rings. The van der Waals surface area contributed by atoms with Gasteiger partial charge in [0, 0.05) is 0 Å². The Morgan fingerprint density at radius 1 is 1.58 bits per heavy atom. The van der Waals surface area contributed by atoms with E-state index in [4.69, 9.17) is 5.11 Å². The number of halogens is 3. The minimum atomic E-state index is -4.97. The number of carbonyl (C=O) groups is 1. The first-order valence-corrected chi connectivity index (χ1v) is 3.53. The molecule has 1 atom stereocenters. The second kappa shape index (κ2) is 2.84. The molecule has 0 bridgehead atoms. The van der Waals surface area contributed by atoms with Crippen molar-refractivity contribution in [2.75, 3.05) is 0 Å². The number of hydrogen-bond acceptors (Lipinski definition) is 1. The van der Waals surface area contributed by atoms with E-state index >= 15 is 0 Å². The first-order chi connectivity index (χ1) is 5.41. The number of rotatable bonds is 2. The van der Waals surface area contributed by atoms with Crippen molar-refractivity contribution in [3.8, 4) is 0 Å². The van der Waals surface area contributed by atoms with Crippen LogP contribution >= 0.6 is 0 Å². The fourth-order valence-corrected chi connectivity index (χ4v) is 1.20. The maximum atomic E-state index is 12.0. The quantitative estimate of drug-likeness (QED) is 0.656. The van der Waals surface area contributed by atoms with Crippen molar-refractivity contribution in [3.05, 3.63) is 11.5 Å². The number of carboxylic acid groups (broad SMARTS) is 1. The van der Waals surface area contributed by atoms with Crippen molar-refractivity contribution in [1.29, 1.82) is 0 Å². The number of allylic oxidation sites excluding steroid dienone is 2. The van der Waals surface area contributed by atoms with Crippen molar-refractivity contribution in [1.82, 2.24) is 0 Å². The van der Waals surface area contributed by atoms with Gasteiger partial charge in [-0.05, 0) is 12.8 Å². The molecule has 1 unspecified atom stereocenters. The van der Waals surface area contributed by atoms with Crippen LogP contribution in [-0.2, 0) is 4.79 Å². The average Bonchev–Trinajstić information content (AvgIpc) is 2.30. The molecule has 6 heteroatoms. The highest BCUT2D eigenvalue weighted by molar-refractivity contribution is 6.66. The monoisotopic (exact) mass is 179 g/mol. The fraction of sp³-hybridized carbons (Fsp3) is 0.500. The molecule has 0 spiro atoms. The van der Waals surface area contributed by atoms with Crippen LogP contribution in [0.15, 0.2) is 11.5 Å². The zero-order valence-corrected chi connectivity index (χ0v) is 6.14. The second-order valence-corrected chi connectivity index (χ2v) is 2.83. The molecule has 68 valence electrons. The van der Waals surface area contributed by atoms with Crippen LogP contribution in [0.25, 0.3) is 0 Å². The summed E-state index contributed by atoms with van der Waals surface area (Å²) in [6, 6.07) is 0. The van der Waals surface area contributed by atoms with Gasteiger partial charge >= 0.3 is 12.9 Å². The van der Waals surface area contributed by atoms with Crippen LogP contribution in [0, 0.1) is 5.92 Å². The summed E-state index contributed by atoms with van der Waals surface area (Å²) in [5.74, 6) is -2.02. The summed E-state index contributed by atoms with van der Waals surface area (Å²) in [6.07, 6.45) is 0.629. The van der Waals surface area contributed by atoms with E-state index in [0.29, 0.717) is 0 Å². The van der Waals surface area contributed by atoms with Gasteiger partial charge in [-0.2, -0.15) is 0 Å². The van der Waals surface area contributed by atoms with Gasteiger partial charge in [0.1, 0.15) is 0 Å². The largest absolute Gasteiger partial charge is 0.505 e. The predicted octanol–water partition coefficient (Wildman–Crippen LogP) is 1.79.